The van der Waals surface area contributed by atoms with Crippen LogP contribution >= 0.6 is 0 Å². The van der Waals surface area contributed by atoms with Crippen LogP contribution in [0.15, 0.2) is 18.5 Å². The van der Waals surface area contributed by atoms with Crippen molar-refractivity contribution in [1.29, 1.82) is 0 Å². The second-order valence-electron chi connectivity index (χ2n) is 4.97. The van der Waals surface area contributed by atoms with E-state index in [9.17, 15) is 0 Å². The summed E-state index contributed by atoms with van der Waals surface area (Å²) in [6.45, 7) is 6.66. The summed E-state index contributed by atoms with van der Waals surface area (Å²) >= 11 is 0. The van der Waals surface area contributed by atoms with E-state index < -0.39 is 0 Å². The van der Waals surface area contributed by atoms with Gasteiger partial charge in [0.15, 0.2) is 0 Å². The third kappa shape index (κ3) is 2.99. The van der Waals surface area contributed by atoms with Gasteiger partial charge in [-0.15, -0.1) is 0 Å². The largest absolute Gasteiger partial charge is 0.492 e. The highest BCUT2D eigenvalue weighted by Gasteiger charge is 2.15. The van der Waals surface area contributed by atoms with Gasteiger partial charge >= 0.3 is 0 Å². The number of hydrogen-bond donors (Lipinski definition) is 1. The van der Waals surface area contributed by atoms with Crippen LogP contribution in [0.1, 0.15) is 35.5 Å². The predicted octanol–water partition coefficient (Wildman–Crippen LogP) is 2.07. The van der Waals surface area contributed by atoms with Crippen LogP contribution in [0.2, 0.25) is 0 Å². The molecular formula is C15H22N4O. The molecule has 2 N–H and O–H groups in total. The van der Waals surface area contributed by atoms with Gasteiger partial charge in [0.25, 0.3) is 0 Å². The summed E-state index contributed by atoms with van der Waals surface area (Å²) in [6, 6.07) is 1.85. The van der Waals surface area contributed by atoms with Crippen molar-refractivity contribution < 1.29 is 4.74 Å². The van der Waals surface area contributed by atoms with E-state index >= 15 is 0 Å². The zero-order valence-corrected chi connectivity index (χ0v) is 12.6. The second-order valence-corrected chi connectivity index (χ2v) is 4.97. The summed E-state index contributed by atoms with van der Waals surface area (Å²) in [4.78, 5) is 4.19. The molecule has 0 fully saturated rings. The normalized spacial score (nSPS) is 12.4. The second kappa shape index (κ2) is 6.05. The summed E-state index contributed by atoms with van der Waals surface area (Å²) in [5, 5.41) is 4.43. The van der Waals surface area contributed by atoms with Crippen molar-refractivity contribution in [2.75, 3.05) is 6.61 Å². The monoisotopic (exact) mass is 274 g/mol. The first kappa shape index (κ1) is 14.5. The first-order chi connectivity index (χ1) is 9.52. The van der Waals surface area contributed by atoms with E-state index in [-0.39, 0.29) is 6.04 Å². The van der Waals surface area contributed by atoms with Crippen molar-refractivity contribution >= 4 is 0 Å². The Morgan fingerprint density at radius 3 is 2.70 bits per heavy atom. The smallest absolute Gasteiger partial charge is 0.137 e. The van der Waals surface area contributed by atoms with Crippen molar-refractivity contribution in [2.24, 2.45) is 12.8 Å². The van der Waals surface area contributed by atoms with Gasteiger partial charge < -0.3 is 10.5 Å². The van der Waals surface area contributed by atoms with Crippen molar-refractivity contribution in [2.45, 2.75) is 33.2 Å². The molecule has 5 nitrogen and oxygen atoms in total. The maximum absolute atomic E-state index is 6.31. The topological polar surface area (TPSA) is 66.0 Å². The minimum atomic E-state index is -0.107. The fourth-order valence-corrected chi connectivity index (χ4v) is 2.33. The van der Waals surface area contributed by atoms with E-state index in [1.807, 2.05) is 31.6 Å². The average molecular weight is 274 g/mol. The molecule has 2 aromatic rings. The van der Waals surface area contributed by atoms with Gasteiger partial charge in [-0.2, -0.15) is 5.10 Å². The van der Waals surface area contributed by atoms with Crippen LogP contribution in [-0.2, 0) is 13.5 Å². The quantitative estimate of drug-likeness (QED) is 0.906. The Morgan fingerprint density at radius 2 is 2.10 bits per heavy atom. The van der Waals surface area contributed by atoms with Gasteiger partial charge in [-0.25, -0.2) is 0 Å². The van der Waals surface area contributed by atoms with Crippen LogP contribution in [0.5, 0.6) is 5.75 Å². The number of nitrogens with zero attached hydrogens (tertiary/aromatic N) is 3. The zero-order valence-electron chi connectivity index (χ0n) is 12.6. The molecule has 0 saturated carbocycles. The molecule has 0 radical (unpaired) electrons. The first-order valence-electron chi connectivity index (χ1n) is 6.85. The zero-order chi connectivity index (χ0) is 14.7. The van der Waals surface area contributed by atoms with Gasteiger partial charge in [-0.3, -0.25) is 9.67 Å². The van der Waals surface area contributed by atoms with E-state index in [1.54, 1.807) is 12.4 Å². The molecule has 0 saturated heterocycles. The number of rotatable bonds is 5. The fourth-order valence-electron chi connectivity index (χ4n) is 2.33. The lowest BCUT2D eigenvalue weighted by molar-refractivity contribution is 0.338. The van der Waals surface area contributed by atoms with Crippen molar-refractivity contribution in [3.05, 3.63) is 41.0 Å². The van der Waals surface area contributed by atoms with Crippen LogP contribution in [0, 0.1) is 13.8 Å². The number of aryl methyl sites for hydroxylation is 2. The predicted molar refractivity (Wildman–Crippen MR) is 78.7 cm³/mol. The lowest BCUT2D eigenvalue weighted by Gasteiger charge is -2.13. The van der Waals surface area contributed by atoms with E-state index in [2.05, 4.69) is 17.0 Å². The van der Waals surface area contributed by atoms with Crippen molar-refractivity contribution in [1.82, 2.24) is 14.8 Å². The van der Waals surface area contributed by atoms with E-state index in [4.69, 9.17) is 10.5 Å². The molecule has 0 amide bonds. The molecule has 0 aromatic carbocycles. The number of nitrogens with two attached hydrogens (primary N) is 1. The molecule has 20 heavy (non-hydrogen) atoms. The minimum absolute atomic E-state index is 0.107. The number of ether oxygens (including phenoxy) is 1. The Hall–Kier alpha value is -1.88. The van der Waals surface area contributed by atoms with Gasteiger partial charge in [0.1, 0.15) is 5.75 Å². The number of aromatic nitrogens is 3. The van der Waals surface area contributed by atoms with Crippen LogP contribution < -0.4 is 10.5 Å². The van der Waals surface area contributed by atoms with Crippen LogP contribution in [-0.4, -0.2) is 21.4 Å². The molecule has 0 bridgehead atoms. The van der Waals surface area contributed by atoms with E-state index in [0.717, 1.165) is 29.1 Å². The Morgan fingerprint density at radius 1 is 1.35 bits per heavy atom. The summed E-state index contributed by atoms with van der Waals surface area (Å²) in [5.41, 5.74) is 10.7. The molecule has 0 aliphatic heterocycles. The number of hydrogen-bond acceptors (Lipinski definition) is 4. The van der Waals surface area contributed by atoms with Crippen LogP contribution in [0.25, 0.3) is 0 Å². The van der Waals surface area contributed by atoms with Crippen LogP contribution in [0.3, 0.4) is 0 Å². The van der Waals surface area contributed by atoms with Gasteiger partial charge in [-0.05, 0) is 44.4 Å². The Kier molecular flexibility index (Phi) is 4.39. The van der Waals surface area contributed by atoms with Gasteiger partial charge in [0, 0.05) is 25.0 Å². The Balaban J connectivity index is 2.19. The lowest BCUT2D eigenvalue weighted by Crippen LogP contribution is -2.15. The SMILES string of the molecule is CCOc1cncc(C(N)Cc2c(C)nn(C)c2C)c1. The molecule has 1 unspecified atom stereocenters. The summed E-state index contributed by atoms with van der Waals surface area (Å²) in [6.07, 6.45) is 4.26. The molecule has 2 aromatic heterocycles. The molecule has 0 aliphatic rings. The molecular weight excluding hydrogens is 252 g/mol. The summed E-state index contributed by atoms with van der Waals surface area (Å²) in [5.74, 6) is 0.764. The first-order valence-corrected chi connectivity index (χ1v) is 6.85. The molecule has 0 spiro atoms. The molecule has 2 heterocycles. The van der Waals surface area contributed by atoms with E-state index in [0.29, 0.717) is 6.61 Å². The Labute approximate surface area is 119 Å². The highest BCUT2D eigenvalue weighted by atomic mass is 16.5. The standard InChI is InChI=1S/C15H22N4O/c1-5-20-13-6-12(8-17-9-13)15(16)7-14-10(2)18-19(4)11(14)3/h6,8-9,15H,5,7,16H2,1-4H3. The molecule has 1 atom stereocenters. The van der Waals surface area contributed by atoms with Gasteiger partial charge in [0.05, 0.1) is 18.5 Å². The fraction of sp³-hybridized carbons (Fsp3) is 0.467. The van der Waals surface area contributed by atoms with Crippen molar-refractivity contribution in [3.8, 4) is 5.75 Å². The molecule has 108 valence electrons. The summed E-state index contributed by atoms with van der Waals surface area (Å²) in [7, 11) is 1.95. The highest BCUT2D eigenvalue weighted by Crippen LogP contribution is 2.22. The molecule has 2 rings (SSSR count). The maximum Gasteiger partial charge on any atom is 0.137 e. The molecule has 0 aliphatic carbocycles. The maximum atomic E-state index is 6.31. The highest BCUT2D eigenvalue weighted by molar-refractivity contribution is 5.30. The average Bonchev–Trinajstić information content (AvgIpc) is 2.66. The third-order valence-corrected chi connectivity index (χ3v) is 3.56. The Bertz CT molecular complexity index is 592. The van der Waals surface area contributed by atoms with Crippen LogP contribution in [0.4, 0.5) is 0 Å². The summed E-state index contributed by atoms with van der Waals surface area (Å²) < 4.78 is 7.36. The van der Waals surface area contributed by atoms with E-state index in [1.165, 1.54) is 5.56 Å². The third-order valence-electron chi connectivity index (χ3n) is 3.56. The van der Waals surface area contributed by atoms with Crippen molar-refractivity contribution in [3.63, 3.8) is 0 Å². The number of pyridine rings is 1. The molecule has 5 heteroatoms. The van der Waals surface area contributed by atoms with Gasteiger partial charge in [-0.1, -0.05) is 0 Å². The minimum Gasteiger partial charge on any atom is -0.492 e. The lowest BCUT2D eigenvalue weighted by atomic mass is 9.99. The van der Waals surface area contributed by atoms with Gasteiger partial charge in [0.2, 0.25) is 0 Å².